The van der Waals surface area contributed by atoms with Crippen LogP contribution >= 0.6 is 0 Å². The standard InChI is InChI=1S/C26H19F8N3O2/c27-20-10-19(11-21(12-20)39-26(33,34)22(28)29)24(13-16-4-2-1-3-5-16,18-8-6-17(14-35)7-9-18)37-23(38)36-15-25(30,31)32/h1-12,22H,13,15H2,(H2,36,37,38)/t24-/m1/s1. The molecule has 1 atom stereocenters. The number of nitrogens with one attached hydrogen (secondary N) is 2. The molecule has 2 N–H and O–H groups in total. The van der Waals surface area contributed by atoms with Gasteiger partial charge in [-0.1, -0.05) is 42.5 Å². The minimum atomic E-state index is -5.00. The van der Waals surface area contributed by atoms with Crippen LogP contribution in [0.3, 0.4) is 0 Å². The van der Waals surface area contributed by atoms with Gasteiger partial charge in [-0.05, 0) is 41.0 Å². The second-order valence-corrected chi connectivity index (χ2v) is 8.32. The quantitative estimate of drug-likeness (QED) is 0.304. The van der Waals surface area contributed by atoms with Gasteiger partial charge in [0.2, 0.25) is 0 Å². The van der Waals surface area contributed by atoms with Gasteiger partial charge in [0.05, 0.1) is 17.2 Å². The van der Waals surface area contributed by atoms with Crippen molar-refractivity contribution in [2.75, 3.05) is 6.54 Å². The van der Waals surface area contributed by atoms with E-state index in [0.29, 0.717) is 11.6 Å². The number of amides is 2. The molecule has 0 fully saturated rings. The average molecular weight is 557 g/mol. The van der Waals surface area contributed by atoms with E-state index in [0.717, 1.165) is 12.1 Å². The Balaban J connectivity index is 2.24. The van der Waals surface area contributed by atoms with Crippen LogP contribution in [0.1, 0.15) is 22.3 Å². The molecule has 13 heteroatoms. The molecule has 0 aliphatic rings. The van der Waals surface area contributed by atoms with E-state index in [2.05, 4.69) is 10.1 Å². The summed E-state index contributed by atoms with van der Waals surface area (Å²) in [5, 5.41) is 13.2. The predicted octanol–water partition coefficient (Wildman–Crippen LogP) is 6.28. The lowest BCUT2D eigenvalue weighted by atomic mass is 9.77. The first-order valence-corrected chi connectivity index (χ1v) is 11.1. The van der Waals surface area contributed by atoms with E-state index in [1.807, 2.05) is 6.07 Å². The Hall–Kier alpha value is -4.34. The molecule has 5 nitrogen and oxygen atoms in total. The summed E-state index contributed by atoms with van der Waals surface area (Å²) < 4.78 is 110. The van der Waals surface area contributed by atoms with E-state index in [1.54, 1.807) is 35.6 Å². The lowest BCUT2D eigenvalue weighted by molar-refractivity contribution is -0.253. The first kappa shape index (κ1) is 29.2. The van der Waals surface area contributed by atoms with Crippen molar-refractivity contribution in [2.45, 2.75) is 30.7 Å². The second kappa shape index (κ2) is 11.6. The van der Waals surface area contributed by atoms with E-state index in [4.69, 9.17) is 5.26 Å². The van der Waals surface area contributed by atoms with Gasteiger partial charge >= 0.3 is 24.7 Å². The Morgan fingerprint density at radius 2 is 1.56 bits per heavy atom. The minimum Gasteiger partial charge on any atom is -0.428 e. The molecule has 0 saturated heterocycles. The molecule has 0 saturated carbocycles. The van der Waals surface area contributed by atoms with Gasteiger partial charge in [-0.15, -0.1) is 0 Å². The van der Waals surface area contributed by atoms with Crippen molar-refractivity contribution in [3.05, 3.63) is 101 Å². The topological polar surface area (TPSA) is 74.2 Å². The summed E-state index contributed by atoms with van der Waals surface area (Å²) in [6, 6.07) is 15.8. The Labute approximate surface area is 217 Å². The number of ether oxygens (including phenoxy) is 1. The SMILES string of the molecule is N#Cc1ccc([C@@](Cc2ccccc2)(NC(=O)NCC(F)(F)F)c2cc(F)cc(OC(F)(F)C(F)F)c2)cc1. The molecule has 39 heavy (non-hydrogen) atoms. The van der Waals surface area contributed by atoms with Gasteiger partial charge in [0.1, 0.15) is 18.1 Å². The van der Waals surface area contributed by atoms with Crippen molar-refractivity contribution in [3.63, 3.8) is 0 Å². The average Bonchev–Trinajstić information content (AvgIpc) is 2.86. The Kier molecular flexibility index (Phi) is 8.68. The Morgan fingerprint density at radius 1 is 0.923 bits per heavy atom. The number of rotatable bonds is 9. The maximum atomic E-state index is 14.7. The van der Waals surface area contributed by atoms with Gasteiger partial charge in [0.25, 0.3) is 0 Å². The van der Waals surface area contributed by atoms with Crippen LogP contribution in [0, 0.1) is 17.1 Å². The van der Waals surface area contributed by atoms with Gasteiger partial charge < -0.3 is 15.4 Å². The summed E-state index contributed by atoms with van der Waals surface area (Å²) in [7, 11) is 0. The number of nitriles is 1. The van der Waals surface area contributed by atoms with Crippen LogP contribution in [-0.2, 0) is 12.0 Å². The van der Waals surface area contributed by atoms with Gasteiger partial charge in [0, 0.05) is 12.5 Å². The molecular formula is C26H19F8N3O2. The van der Waals surface area contributed by atoms with Crippen molar-refractivity contribution < 1.29 is 44.7 Å². The third kappa shape index (κ3) is 7.59. The van der Waals surface area contributed by atoms with E-state index in [1.165, 1.54) is 24.3 Å². The van der Waals surface area contributed by atoms with Gasteiger partial charge in [-0.3, -0.25) is 0 Å². The molecule has 3 aromatic rings. The Morgan fingerprint density at radius 3 is 2.13 bits per heavy atom. The fourth-order valence-electron chi connectivity index (χ4n) is 3.78. The fraction of sp³-hybridized carbons (Fsp3) is 0.231. The fourth-order valence-corrected chi connectivity index (χ4v) is 3.78. The number of hydrogen-bond donors (Lipinski definition) is 2. The number of halogens is 8. The summed E-state index contributed by atoms with van der Waals surface area (Å²) in [6.07, 6.45) is -14.3. The van der Waals surface area contributed by atoms with Crippen molar-refractivity contribution >= 4 is 6.03 Å². The molecule has 0 radical (unpaired) electrons. The van der Waals surface area contributed by atoms with Crippen LogP contribution in [0.2, 0.25) is 0 Å². The number of alkyl halides is 7. The molecule has 0 aromatic heterocycles. The summed E-state index contributed by atoms with van der Waals surface area (Å²) >= 11 is 0. The number of benzene rings is 3. The highest BCUT2D eigenvalue weighted by Gasteiger charge is 2.45. The van der Waals surface area contributed by atoms with E-state index in [9.17, 15) is 39.9 Å². The van der Waals surface area contributed by atoms with E-state index < -0.39 is 48.4 Å². The third-order valence-corrected chi connectivity index (χ3v) is 5.47. The van der Waals surface area contributed by atoms with Gasteiger partial charge in [0.15, 0.2) is 0 Å². The van der Waals surface area contributed by atoms with Gasteiger partial charge in [-0.2, -0.15) is 36.0 Å². The smallest absolute Gasteiger partial charge is 0.428 e. The van der Waals surface area contributed by atoms with Crippen LogP contribution in [0.5, 0.6) is 5.75 Å². The predicted molar refractivity (Wildman–Crippen MR) is 123 cm³/mol. The highest BCUT2D eigenvalue weighted by atomic mass is 19.4. The minimum absolute atomic E-state index is 0.102. The first-order chi connectivity index (χ1) is 18.2. The zero-order chi connectivity index (χ0) is 28.8. The lowest BCUT2D eigenvalue weighted by Crippen LogP contribution is -2.53. The summed E-state index contributed by atoms with van der Waals surface area (Å²) in [5.74, 6) is -2.25. The number of urea groups is 1. The molecule has 0 unspecified atom stereocenters. The summed E-state index contributed by atoms with van der Waals surface area (Å²) in [4.78, 5) is 12.7. The normalized spacial score (nSPS) is 13.3. The van der Waals surface area contributed by atoms with Crippen LogP contribution in [-0.4, -0.2) is 31.3 Å². The van der Waals surface area contributed by atoms with Crippen molar-refractivity contribution in [2.24, 2.45) is 0 Å². The van der Waals surface area contributed by atoms with Crippen LogP contribution in [0.4, 0.5) is 39.9 Å². The third-order valence-electron chi connectivity index (χ3n) is 5.47. The molecule has 3 rings (SSSR count). The second-order valence-electron chi connectivity index (χ2n) is 8.32. The zero-order valence-electron chi connectivity index (χ0n) is 19.7. The lowest BCUT2D eigenvalue weighted by Gasteiger charge is -2.37. The molecule has 0 spiro atoms. The highest BCUT2D eigenvalue weighted by Crippen LogP contribution is 2.38. The Bertz CT molecular complexity index is 1330. The summed E-state index contributed by atoms with van der Waals surface area (Å²) in [6.45, 7) is -1.73. The molecule has 0 bridgehead atoms. The van der Waals surface area contributed by atoms with Crippen LogP contribution < -0.4 is 15.4 Å². The molecular weight excluding hydrogens is 538 g/mol. The highest BCUT2D eigenvalue weighted by molar-refractivity contribution is 5.76. The number of nitrogens with zero attached hydrogens (tertiary/aromatic N) is 1. The first-order valence-electron chi connectivity index (χ1n) is 11.1. The zero-order valence-corrected chi connectivity index (χ0v) is 19.7. The number of carbonyl (C=O) groups excluding carboxylic acids is 1. The van der Waals surface area contributed by atoms with E-state index in [-0.39, 0.29) is 23.1 Å². The summed E-state index contributed by atoms with van der Waals surface area (Å²) in [5.41, 5.74) is -1.56. The maximum Gasteiger partial charge on any atom is 0.461 e. The monoisotopic (exact) mass is 557 g/mol. The maximum absolute atomic E-state index is 14.7. The molecule has 0 heterocycles. The van der Waals surface area contributed by atoms with Crippen molar-refractivity contribution in [3.8, 4) is 11.8 Å². The molecule has 206 valence electrons. The van der Waals surface area contributed by atoms with Crippen molar-refractivity contribution in [1.29, 1.82) is 5.26 Å². The largest absolute Gasteiger partial charge is 0.461 e. The molecule has 0 aliphatic carbocycles. The molecule has 0 aliphatic heterocycles. The molecule has 3 aromatic carbocycles. The van der Waals surface area contributed by atoms with Crippen LogP contribution in [0.25, 0.3) is 0 Å². The number of hydrogen-bond acceptors (Lipinski definition) is 3. The van der Waals surface area contributed by atoms with Gasteiger partial charge in [-0.25, -0.2) is 9.18 Å². The van der Waals surface area contributed by atoms with Crippen molar-refractivity contribution in [1.82, 2.24) is 10.6 Å². The van der Waals surface area contributed by atoms with Crippen LogP contribution in [0.15, 0.2) is 72.8 Å². The number of carbonyl (C=O) groups is 1. The molecule has 2 amide bonds. The van der Waals surface area contributed by atoms with E-state index >= 15 is 0 Å².